The summed E-state index contributed by atoms with van der Waals surface area (Å²) in [6, 6.07) is 0. The number of hydrogen-bond acceptors (Lipinski definition) is 32. The van der Waals surface area contributed by atoms with E-state index >= 15 is 0 Å². The van der Waals surface area contributed by atoms with Gasteiger partial charge in [-0.3, -0.25) is 0 Å². The van der Waals surface area contributed by atoms with E-state index < -0.39 is 161 Å². The van der Waals surface area contributed by atoms with Crippen molar-refractivity contribution in [2.24, 2.45) is 0 Å². The summed E-state index contributed by atoms with van der Waals surface area (Å²) in [6.45, 7) is -0.414. The first kappa shape index (κ1) is 74.5. The van der Waals surface area contributed by atoms with Crippen LogP contribution in [0.2, 0.25) is 0 Å². The molecule has 0 amide bonds. The fraction of sp³-hybridized carbons (Fsp3) is 0.824. The molecule has 0 rings (SSSR count). The fourth-order valence-electron chi connectivity index (χ4n) is 3.20. The Balaban J connectivity index is -0.000000164. The molecule has 0 aromatic rings. The molecule has 26 N–H and O–H groups in total. The molecule has 0 aromatic carbocycles. The highest BCUT2D eigenvalue weighted by molar-refractivity contribution is 5.58. The molecule has 0 heterocycles. The number of aliphatic hydroxyl groups is 26. The minimum atomic E-state index is -1.79. The second kappa shape index (κ2) is 43.3. The van der Waals surface area contributed by atoms with Gasteiger partial charge >= 0.3 is 0 Å². The Hall–Kier alpha value is -3.02. The van der Waals surface area contributed by atoms with Gasteiger partial charge in [-0.2, -0.15) is 0 Å². The van der Waals surface area contributed by atoms with Crippen LogP contribution < -0.4 is 0 Å². The van der Waals surface area contributed by atoms with Crippen LogP contribution in [-0.2, 0) is 28.8 Å². The van der Waals surface area contributed by atoms with E-state index in [-0.39, 0.29) is 37.7 Å². The molecule has 396 valence electrons. The second-order valence-electron chi connectivity index (χ2n) is 13.1. The lowest BCUT2D eigenvalue weighted by molar-refractivity contribution is -0.136. The zero-order chi connectivity index (χ0) is 53.8. The van der Waals surface area contributed by atoms with E-state index in [1.165, 1.54) is 13.8 Å². The third kappa shape index (κ3) is 33.5. The van der Waals surface area contributed by atoms with E-state index in [1.54, 1.807) is 0 Å². The Morgan fingerprint density at radius 1 is 0.242 bits per heavy atom. The van der Waals surface area contributed by atoms with Crippen LogP contribution in [0, 0.1) is 0 Å². The first-order valence-corrected chi connectivity index (χ1v) is 18.5. The molecule has 22 unspecified atom stereocenters. The Morgan fingerprint density at radius 2 is 0.379 bits per heavy atom. The third-order valence-corrected chi connectivity index (χ3v) is 7.65. The van der Waals surface area contributed by atoms with Gasteiger partial charge in [0.25, 0.3) is 0 Å². The van der Waals surface area contributed by atoms with Crippen molar-refractivity contribution in [3.05, 3.63) is 0 Å². The molecule has 66 heavy (non-hydrogen) atoms. The van der Waals surface area contributed by atoms with Gasteiger partial charge in [0, 0.05) is 0 Å². The molecule has 0 bridgehead atoms. The normalized spacial score (nSPS) is 20.9. The molecule has 0 aliphatic carbocycles. The predicted molar refractivity (Wildman–Crippen MR) is 208 cm³/mol. The van der Waals surface area contributed by atoms with Gasteiger partial charge in [-0.25, -0.2) is 0 Å². The molecule has 0 saturated heterocycles. The van der Waals surface area contributed by atoms with E-state index in [4.69, 9.17) is 133 Å². The van der Waals surface area contributed by atoms with Crippen LogP contribution in [0.5, 0.6) is 0 Å². The number of carbonyl (C=O) groups excluding carboxylic acids is 6. The lowest BCUT2D eigenvalue weighted by Gasteiger charge is -2.22. The van der Waals surface area contributed by atoms with Crippen LogP contribution in [0.3, 0.4) is 0 Å². The Bertz CT molecular complexity index is 1100. The van der Waals surface area contributed by atoms with Gasteiger partial charge in [0.15, 0.2) is 37.7 Å². The summed E-state index contributed by atoms with van der Waals surface area (Å²) >= 11 is 0. The molecule has 0 aliphatic heterocycles. The largest absolute Gasteiger partial charge is 0.394 e. The second-order valence-corrected chi connectivity index (χ2v) is 13.1. The minimum Gasteiger partial charge on any atom is -0.394 e. The topological polar surface area (TPSA) is 628 Å². The van der Waals surface area contributed by atoms with Crippen molar-refractivity contribution in [2.75, 3.05) is 26.4 Å². The summed E-state index contributed by atoms with van der Waals surface area (Å²) in [5, 5.41) is 225. The Labute approximate surface area is 373 Å². The maximum Gasteiger partial charge on any atom is 0.151 e. The van der Waals surface area contributed by atoms with E-state index in [0.29, 0.717) is 0 Å². The summed E-state index contributed by atoms with van der Waals surface area (Å²) in [5.74, 6) is 0. The molecule has 0 fully saturated rings. The first-order chi connectivity index (χ1) is 30.3. The van der Waals surface area contributed by atoms with Crippen LogP contribution >= 0.6 is 0 Å². The molecule has 0 radical (unpaired) electrons. The smallest absolute Gasteiger partial charge is 0.151 e. The van der Waals surface area contributed by atoms with Gasteiger partial charge in [0.2, 0.25) is 0 Å². The van der Waals surface area contributed by atoms with Gasteiger partial charge in [-0.05, 0) is 13.8 Å². The molecule has 0 spiro atoms. The zero-order valence-electron chi connectivity index (χ0n) is 35.1. The van der Waals surface area contributed by atoms with Crippen LogP contribution in [0.4, 0.5) is 0 Å². The van der Waals surface area contributed by atoms with Crippen LogP contribution in [0.25, 0.3) is 0 Å². The van der Waals surface area contributed by atoms with E-state index in [1.807, 2.05) is 0 Å². The summed E-state index contributed by atoms with van der Waals surface area (Å²) in [6.07, 6.45) is -34.7. The van der Waals surface area contributed by atoms with E-state index in [9.17, 15) is 28.8 Å². The molecule has 32 nitrogen and oxygen atoms in total. The number of rotatable bonds is 26. The van der Waals surface area contributed by atoms with Crippen molar-refractivity contribution in [3.8, 4) is 0 Å². The van der Waals surface area contributed by atoms with Gasteiger partial charge in [0.1, 0.15) is 122 Å². The molecular formula is C34H68O32. The van der Waals surface area contributed by atoms with E-state index in [0.717, 1.165) is 0 Å². The van der Waals surface area contributed by atoms with Gasteiger partial charge in [-0.15, -0.1) is 0 Å². The quantitative estimate of drug-likeness (QED) is 0.0358. The van der Waals surface area contributed by atoms with Crippen molar-refractivity contribution < 1.29 is 162 Å². The molecule has 22 atom stereocenters. The standard InChI is InChI=1S/2C6H12O6.2C6H12O5.2C5H10O5/c2*7-1-3(9)5(11)6(12)4(10)2-8;2*1-3(8)5(10)6(11)4(9)2-7;2*6-1-3(8)5(10)4(9)2-7/h2*1,3-6,8-12H,2H2;2*2-6,8-11H,1H3;2*1,3-5,7-10H,2H2. The maximum atomic E-state index is 9.90. The van der Waals surface area contributed by atoms with Gasteiger partial charge in [-0.1, -0.05) is 0 Å². The van der Waals surface area contributed by atoms with Crippen molar-refractivity contribution >= 4 is 37.7 Å². The lowest BCUT2D eigenvalue weighted by Crippen LogP contribution is -2.46. The van der Waals surface area contributed by atoms with Crippen LogP contribution in [0.1, 0.15) is 13.8 Å². The average molecular weight is 989 g/mol. The highest BCUT2D eigenvalue weighted by Gasteiger charge is 2.31. The van der Waals surface area contributed by atoms with Crippen molar-refractivity contribution in [2.45, 2.75) is 148 Å². The fourth-order valence-corrected chi connectivity index (χ4v) is 3.20. The summed E-state index contributed by atoms with van der Waals surface area (Å²) in [7, 11) is 0. The minimum absolute atomic E-state index is 0.0258. The lowest BCUT2D eigenvalue weighted by atomic mass is 10.0. The Kier molecular flexibility index (Phi) is 48.9. The summed E-state index contributed by atoms with van der Waals surface area (Å²) in [5.41, 5.74) is 0. The molecule has 0 aromatic heterocycles. The van der Waals surface area contributed by atoms with Gasteiger partial charge in [0.05, 0.1) is 38.6 Å². The molecule has 0 aliphatic rings. The monoisotopic (exact) mass is 988 g/mol. The van der Waals surface area contributed by atoms with Crippen LogP contribution in [-0.4, -0.2) is 331 Å². The van der Waals surface area contributed by atoms with Crippen molar-refractivity contribution in [3.63, 3.8) is 0 Å². The molecule has 0 saturated carbocycles. The highest BCUT2D eigenvalue weighted by atomic mass is 16.4. The van der Waals surface area contributed by atoms with Crippen molar-refractivity contribution in [1.29, 1.82) is 0 Å². The van der Waals surface area contributed by atoms with Crippen LogP contribution in [0.15, 0.2) is 0 Å². The van der Waals surface area contributed by atoms with E-state index in [2.05, 4.69) is 0 Å². The number of aldehydes is 6. The zero-order valence-corrected chi connectivity index (χ0v) is 35.1. The molecule has 32 heteroatoms. The number of aliphatic hydroxyl groups excluding tert-OH is 26. The van der Waals surface area contributed by atoms with Gasteiger partial charge < -0.3 is 162 Å². The summed E-state index contributed by atoms with van der Waals surface area (Å²) in [4.78, 5) is 59.1. The Morgan fingerprint density at radius 3 is 0.515 bits per heavy atom. The third-order valence-electron chi connectivity index (χ3n) is 7.65. The number of hydrogen-bond donors (Lipinski definition) is 26. The maximum absolute atomic E-state index is 9.90. The van der Waals surface area contributed by atoms with Crippen molar-refractivity contribution in [1.82, 2.24) is 0 Å². The predicted octanol–water partition coefficient (Wildman–Crippen LogP) is -16.9. The summed E-state index contributed by atoms with van der Waals surface area (Å²) < 4.78 is 0. The molecular weight excluding hydrogens is 920 g/mol. The average Bonchev–Trinajstić information content (AvgIpc) is 3.34. The number of carbonyl (C=O) groups is 6. The highest BCUT2D eigenvalue weighted by Crippen LogP contribution is 2.06. The first-order valence-electron chi connectivity index (χ1n) is 18.5. The SMILES string of the molecule is CC(O)C(O)C(O)C(O)C=O.CC(O)C(O)C(O)C(O)C=O.O=CC(O)C(O)C(O)C(O)CO.O=CC(O)C(O)C(O)C(O)CO.O=CC(O)C(O)C(O)CO.O=CC(O)C(O)C(O)CO.